The first-order valence-electron chi connectivity index (χ1n) is 6.03. The third-order valence-electron chi connectivity index (χ3n) is 3.29. The summed E-state index contributed by atoms with van der Waals surface area (Å²) in [4.78, 5) is 14.6. The van der Waals surface area contributed by atoms with Crippen LogP contribution in [0.2, 0.25) is 0 Å². The standard InChI is InChI=1S/C12H16FN3O2/c1-2-14-5-7-15(8-6-14)11-4-3-10(13)9-12(11)16(17)18/h3-4,9H,2,5-8H2,1H3. The fraction of sp³-hybridized carbons (Fsp3) is 0.500. The summed E-state index contributed by atoms with van der Waals surface area (Å²) in [5.41, 5.74) is 0.358. The van der Waals surface area contributed by atoms with Crippen LogP contribution in [-0.2, 0) is 0 Å². The number of rotatable bonds is 3. The first kappa shape index (κ1) is 12.8. The van der Waals surface area contributed by atoms with Crippen molar-refractivity contribution in [3.8, 4) is 0 Å². The van der Waals surface area contributed by atoms with Crippen molar-refractivity contribution in [1.82, 2.24) is 4.90 Å². The lowest BCUT2D eigenvalue weighted by molar-refractivity contribution is -0.384. The number of hydrogen-bond donors (Lipinski definition) is 0. The Morgan fingerprint density at radius 3 is 2.56 bits per heavy atom. The third kappa shape index (κ3) is 2.59. The molecule has 0 amide bonds. The molecule has 0 spiro atoms. The molecule has 0 aromatic heterocycles. The lowest BCUT2D eigenvalue weighted by atomic mass is 10.2. The molecule has 2 rings (SSSR count). The first-order chi connectivity index (χ1) is 8.61. The highest BCUT2D eigenvalue weighted by atomic mass is 19.1. The number of hydrogen-bond acceptors (Lipinski definition) is 4. The summed E-state index contributed by atoms with van der Waals surface area (Å²) in [5.74, 6) is -0.572. The van der Waals surface area contributed by atoms with Crippen molar-refractivity contribution in [2.24, 2.45) is 0 Å². The smallest absolute Gasteiger partial charge is 0.295 e. The maximum atomic E-state index is 13.1. The Morgan fingerprint density at radius 2 is 2.00 bits per heavy atom. The van der Waals surface area contributed by atoms with Crippen LogP contribution in [0, 0.1) is 15.9 Å². The average Bonchev–Trinajstić information content (AvgIpc) is 2.39. The zero-order valence-corrected chi connectivity index (χ0v) is 10.3. The number of likely N-dealkylation sites (N-methyl/N-ethyl adjacent to an activating group) is 1. The van der Waals surface area contributed by atoms with Crippen LogP contribution in [0.5, 0.6) is 0 Å². The molecule has 0 atom stereocenters. The Labute approximate surface area is 105 Å². The number of nitrogens with zero attached hydrogens (tertiary/aromatic N) is 3. The highest BCUT2D eigenvalue weighted by Crippen LogP contribution is 2.29. The normalized spacial score (nSPS) is 16.9. The Bertz CT molecular complexity index is 445. The van der Waals surface area contributed by atoms with Crippen molar-refractivity contribution >= 4 is 11.4 Å². The van der Waals surface area contributed by atoms with E-state index in [9.17, 15) is 14.5 Å². The van der Waals surface area contributed by atoms with Gasteiger partial charge in [0.25, 0.3) is 5.69 Å². The van der Waals surface area contributed by atoms with E-state index in [1.54, 1.807) is 0 Å². The molecule has 1 saturated heterocycles. The highest BCUT2D eigenvalue weighted by Gasteiger charge is 2.23. The van der Waals surface area contributed by atoms with Crippen molar-refractivity contribution in [3.63, 3.8) is 0 Å². The van der Waals surface area contributed by atoms with Crippen molar-refractivity contribution in [2.75, 3.05) is 37.6 Å². The largest absolute Gasteiger partial charge is 0.363 e. The van der Waals surface area contributed by atoms with E-state index in [-0.39, 0.29) is 5.69 Å². The van der Waals surface area contributed by atoms with Crippen LogP contribution in [0.15, 0.2) is 18.2 Å². The highest BCUT2D eigenvalue weighted by molar-refractivity contribution is 5.63. The quantitative estimate of drug-likeness (QED) is 0.609. The number of benzene rings is 1. The van der Waals surface area contributed by atoms with Crippen LogP contribution in [0.4, 0.5) is 15.8 Å². The average molecular weight is 253 g/mol. The van der Waals surface area contributed by atoms with Gasteiger partial charge in [-0.1, -0.05) is 6.92 Å². The molecule has 18 heavy (non-hydrogen) atoms. The fourth-order valence-corrected chi connectivity index (χ4v) is 2.22. The molecule has 0 N–H and O–H groups in total. The summed E-state index contributed by atoms with van der Waals surface area (Å²) in [6, 6.07) is 3.76. The summed E-state index contributed by atoms with van der Waals surface area (Å²) in [6.45, 7) is 6.31. The Hall–Kier alpha value is -1.69. The molecule has 0 radical (unpaired) electrons. The van der Waals surface area contributed by atoms with E-state index in [0.29, 0.717) is 5.69 Å². The molecule has 0 bridgehead atoms. The van der Waals surface area contributed by atoms with Crippen molar-refractivity contribution < 1.29 is 9.31 Å². The summed E-state index contributed by atoms with van der Waals surface area (Å²) in [6.07, 6.45) is 0. The van der Waals surface area contributed by atoms with Gasteiger partial charge in [-0.25, -0.2) is 4.39 Å². The second-order valence-electron chi connectivity index (χ2n) is 4.31. The summed E-state index contributed by atoms with van der Waals surface area (Å²) < 4.78 is 13.1. The summed E-state index contributed by atoms with van der Waals surface area (Å²) in [5, 5.41) is 10.9. The van der Waals surface area contributed by atoms with Crippen LogP contribution in [-0.4, -0.2) is 42.5 Å². The van der Waals surface area contributed by atoms with Gasteiger partial charge in [0.1, 0.15) is 11.5 Å². The number of halogens is 1. The van der Waals surface area contributed by atoms with Gasteiger partial charge >= 0.3 is 0 Å². The molecule has 1 aromatic carbocycles. The maximum Gasteiger partial charge on any atom is 0.295 e. The molecule has 6 heteroatoms. The predicted octanol–water partition coefficient (Wildman–Crippen LogP) is 1.88. The van der Waals surface area contributed by atoms with Crippen molar-refractivity contribution in [3.05, 3.63) is 34.1 Å². The number of piperazine rings is 1. The van der Waals surface area contributed by atoms with Gasteiger partial charge in [-0.15, -0.1) is 0 Å². The molecule has 98 valence electrons. The topological polar surface area (TPSA) is 49.6 Å². The second kappa shape index (κ2) is 5.30. The summed E-state index contributed by atoms with van der Waals surface area (Å²) in [7, 11) is 0. The van der Waals surface area contributed by atoms with Gasteiger partial charge in [-0.05, 0) is 18.7 Å². The zero-order valence-electron chi connectivity index (χ0n) is 10.3. The Balaban J connectivity index is 2.21. The van der Waals surface area contributed by atoms with Crippen LogP contribution >= 0.6 is 0 Å². The minimum absolute atomic E-state index is 0.153. The minimum Gasteiger partial charge on any atom is -0.363 e. The van der Waals surface area contributed by atoms with Gasteiger partial charge in [0.15, 0.2) is 0 Å². The second-order valence-corrected chi connectivity index (χ2v) is 4.31. The van der Waals surface area contributed by atoms with Crippen LogP contribution in [0.3, 0.4) is 0 Å². The molecule has 0 unspecified atom stereocenters. The van der Waals surface area contributed by atoms with E-state index in [2.05, 4.69) is 11.8 Å². The molecule has 1 aliphatic heterocycles. The van der Waals surface area contributed by atoms with Crippen molar-refractivity contribution in [2.45, 2.75) is 6.92 Å². The van der Waals surface area contributed by atoms with Gasteiger partial charge in [-0.2, -0.15) is 0 Å². The minimum atomic E-state index is -0.572. The molecular weight excluding hydrogens is 237 g/mol. The van der Waals surface area contributed by atoms with E-state index in [1.165, 1.54) is 12.1 Å². The molecule has 1 aliphatic rings. The fourth-order valence-electron chi connectivity index (χ4n) is 2.22. The van der Waals surface area contributed by atoms with E-state index in [0.717, 1.165) is 38.8 Å². The SMILES string of the molecule is CCN1CCN(c2ccc(F)cc2[N+](=O)[O-])CC1. The number of nitro groups is 1. The maximum absolute atomic E-state index is 13.1. The Morgan fingerprint density at radius 1 is 1.33 bits per heavy atom. The molecule has 5 nitrogen and oxygen atoms in total. The summed E-state index contributed by atoms with van der Waals surface area (Å²) >= 11 is 0. The molecule has 0 aliphatic carbocycles. The van der Waals surface area contributed by atoms with Crippen LogP contribution in [0.1, 0.15) is 6.92 Å². The van der Waals surface area contributed by atoms with Gasteiger partial charge in [0.2, 0.25) is 0 Å². The number of nitro benzene ring substituents is 1. The van der Waals surface area contributed by atoms with Crippen LogP contribution < -0.4 is 4.90 Å². The van der Waals surface area contributed by atoms with Crippen LogP contribution in [0.25, 0.3) is 0 Å². The lowest BCUT2D eigenvalue weighted by Crippen LogP contribution is -2.46. The van der Waals surface area contributed by atoms with E-state index in [1.807, 2.05) is 4.90 Å². The zero-order chi connectivity index (χ0) is 13.1. The monoisotopic (exact) mass is 253 g/mol. The first-order valence-corrected chi connectivity index (χ1v) is 6.03. The molecule has 1 aromatic rings. The molecule has 1 fully saturated rings. The van der Waals surface area contributed by atoms with Crippen molar-refractivity contribution in [1.29, 1.82) is 0 Å². The van der Waals surface area contributed by atoms with E-state index >= 15 is 0 Å². The van der Waals surface area contributed by atoms with Gasteiger partial charge < -0.3 is 9.80 Å². The van der Waals surface area contributed by atoms with Gasteiger partial charge in [0.05, 0.1) is 11.0 Å². The van der Waals surface area contributed by atoms with E-state index in [4.69, 9.17) is 0 Å². The lowest BCUT2D eigenvalue weighted by Gasteiger charge is -2.35. The molecular formula is C12H16FN3O2. The third-order valence-corrected chi connectivity index (χ3v) is 3.29. The Kier molecular flexibility index (Phi) is 3.76. The predicted molar refractivity (Wildman–Crippen MR) is 67.4 cm³/mol. The van der Waals surface area contributed by atoms with Gasteiger partial charge in [0, 0.05) is 26.2 Å². The van der Waals surface area contributed by atoms with E-state index < -0.39 is 10.7 Å². The molecule has 0 saturated carbocycles. The van der Waals surface area contributed by atoms with Gasteiger partial charge in [-0.3, -0.25) is 10.1 Å². The molecule has 1 heterocycles. The number of anilines is 1.